The Kier molecular flexibility index (Phi) is 4.22. The number of phenols is 2. The Morgan fingerprint density at radius 2 is 1.10 bits per heavy atom. The van der Waals surface area contributed by atoms with E-state index in [0.29, 0.717) is 11.1 Å². The first kappa shape index (κ1) is 18.3. The normalized spacial score (nSPS) is 11.3. The molecule has 0 heterocycles. The lowest BCUT2D eigenvalue weighted by Crippen LogP contribution is -1.91. The van der Waals surface area contributed by atoms with Crippen LogP contribution in [0, 0.1) is 13.8 Å². The molecular weight excluding hydrogens is 368 g/mol. The van der Waals surface area contributed by atoms with Crippen molar-refractivity contribution in [3.05, 3.63) is 96.1 Å². The van der Waals surface area contributed by atoms with Crippen LogP contribution in [0.15, 0.2) is 84.9 Å². The van der Waals surface area contributed by atoms with E-state index in [4.69, 9.17) is 0 Å². The van der Waals surface area contributed by atoms with Crippen molar-refractivity contribution in [1.82, 2.24) is 0 Å². The van der Waals surface area contributed by atoms with Crippen molar-refractivity contribution in [3.8, 4) is 33.8 Å². The molecule has 30 heavy (non-hydrogen) atoms. The molecule has 5 rings (SSSR count). The highest BCUT2D eigenvalue weighted by Gasteiger charge is 2.21. The number of aromatic hydroxyl groups is 2. The van der Waals surface area contributed by atoms with E-state index in [1.54, 1.807) is 0 Å². The summed E-state index contributed by atoms with van der Waals surface area (Å²) >= 11 is 0. The van der Waals surface area contributed by atoms with E-state index in [2.05, 4.69) is 0 Å². The molecule has 5 aromatic rings. The van der Waals surface area contributed by atoms with Gasteiger partial charge in [0.15, 0.2) is 0 Å². The monoisotopic (exact) mass is 390 g/mol. The largest absolute Gasteiger partial charge is 0.507 e. The van der Waals surface area contributed by atoms with E-state index in [9.17, 15) is 10.2 Å². The van der Waals surface area contributed by atoms with Gasteiger partial charge in [0.25, 0.3) is 0 Å². The van der Waals surface area contributed by atoms with E-state index in [1.165, 1.54) is 5.56 Å². The molecule has 146 valence electrons. The lowest BCUT2D eigenvalue weighted by molar-refractivity contribution is 0.468. The Hall–Kier alpha value is -3.78. The topological polar surface area (TPSA) is 40.5 Å². The molecule has 0 bridgehead atoms. The van der Waals surface area contributed by atoms with Crippen molar-refractivity contribution in [1.29, 1.82) is 0 Å². The predicted octanol–water partition coefficient (Wildman–Crippen LogP) is 7.36. The van der Waals surface area contributed by atoms with Crippen LogP contribution in [-0.2, 0) is 0 Å². The highest BCUT2D eigenvalue weighted by atomic mass is 16.3. The van der Waals surface area contributed by atoms with Gasteiger partial charge in [-0.05, 0) is 58.7 Å². The fourth-order valence-electron chi connectivity index (χ4n) is 4.27. The molecule has 2 N–H and O–H groups in total. The summed E-state index contributed by atoms with van der Waals surface area (Å²) in [4.78, 5) is 0. The molecule has 0 radical (unpaired) electrons. The van der Waals surface area contributed by atoms with Gasteiger partial charge < -0.3 is 10.2 Å². The zero-order valence-corrected chi connectivity index (χ0v) is 17.0. The fourth-order valence-corrected chi connectivity index (χ4v) is 4.27. The van der Waals surface area contributed by atoms with Gasteiger partial charge in [-0.25, -0.2) is 0 Å². The Labute approximate surface area is 175 Å². The van der Waals surface area contributed by atoms with Gasteiger partial charge in [-0.3, -0.25) is 0 Å². The summed E-state index contributed by atoms with van der Waals surface area (Å²) in [5, 5.41) is 26.5. The zero-order valence-electron chi connectivity index (χ0n) is 17.0. The number of rotatable bonds is 2. The molecule has 0 spiro atoms. The number of hydrogen-bond acceptors (Lipinski definition) is 2. The number of aryl methyl sites for hydroxylation is 2. The molecule has 0 aromatic heterocycles. The van der Waals surface area contributed by atoms with Gasteiger partial charge in [0.05, 0.1) is 0 Å². The third kappa shape index (κ3) is 2.81. The average Bonchev–Trinajstić information content (AvgIpc) is 2.76. The van der Waals surface area contributed by atoms with Crippen LogP contribution in [0.1, 0.15) is 11.1 Å². The maximum absolute atomic E-state index is 11.5. The first-order valence-corrected chi connectivity index (χ1v) is 10.1. The van der Waals surface area contributed by atoms with Gasteiger partial charge >= 0.3 is 0 Å². The van der Waals surface area contributed by atoms with Gasteiger partial charge in [0.2, 0.25) is 0 Å². The Balaban J connectivity index is 1.95. The summed E-state index contributed by atoms with van der Waals surface area (Å²) in [6.45, 7) is 3.95. The first-order valence-electron chi connectivity index (χ1n) is 10.1. The second-order valence-corrected chi connectivity index (χ2v) is 7.87. The smallest absolute Gasteiger partial charge is 0.132 e. The Bertz CT molecular complexity index is 1410. The van der Waals surface area contributed by atoms with Gasteiger partial charge in [-0.15, -0.1) is 0 Å². The fraction of sp³-hybridized carbons (Fsp3) is 0.0714. The highest BCUT2D eigenvalue weighted by molar-refractivity contribution is 6.12. The van der Waals surface area contributed by atoms with Crippen LogP contribution in [0.25, 0.3) is 43.8 Å². The van der Waals surface area contributed by atoms with Crippen LogP contribution in [0.4, 0.5) is 0 Å². The third-order valence-corrected chi connectivity index (χ3v) is 5.85. The minimum Gasteiger partial charge on any atom is -0.507 e. The van der Waals surface area contributed by atoms with Crippen molar-refractivity contribution in [3.63, 3.8) is 0 Å². The van der Waals surface area contributed by atoms with Gasteiger partial charge in [0.1, 0.15) is 11.5 Å². The Morgan fingerprint density at radius 1 is 0.567 bits per heavy atom. The molecular formula is C28H22O2. The van der Waals surface area contributed by atoms with Crippen LogP contribution in [0.2, 0.25) is 0 Å². The van der Waals surface area contributed by atoms with E-state index in [0.717, 1.165) is 38.2 Å². The van der Waals surface area contributed by atoms with Crippen LogP contribution in [-0.4, -0.2) is 10.2 Å². The van der Waals surface area contributed by atoms with E-state index < -0.39 is 0 Å². The van der Waals surface area contributed by atoms with Crippen molar-refractivity contribution in [2.45, 2.75) is 13.8 Å². The summed E-state index contributed by atoms with van der Waals surface area (Å²) < 4.78 is 0. The molecule has 0 saturated carbocycles. The maximum Gasteiger partial charge on any atom is 0.132 e. The molecule has 0 saturated heterocycles. The lowest BCUT2D eigenvalue weighted by Gasteiger charge is -2.18. The summed E-state index contributed by atoms with van der Waals surface area (Å²) in [7, 11) is 0. The Morgan fingerprint density at radius 3 is 1.73 bits per heavy atom. The molecule has 0 unspecified atom stereocenters. The first-order chi connectivity index (χ1) is 14.5. The molecule has 0 fully saturated rings. The van der Waals surface area contributed by atoms with Crippen LogP contribution in [0.5, 0.6) is 11.5 Å². The van der Waals surface area contributed by atoms with Crippen LogP contribution >= 0.6 is 0 Å². The summed E-state index contributed by atoms with van der Waals surface area (Å²) in [6, 6.07) is 28.1. The number of fused-ring (bicyclic) bond motifs is 2. The minimum absolute atomic E-state index is 0.184. The molecule has 0 aliphatic rings. The van der Waals surface area contributed by atoms with Gasteiger partial charge in [-0.2, -0.15) is 0 Å². The van der Waals surface area contributed by atoms with Crippen LogP contribution in [0.3, 0.4) is 0 Å². The summed E-state index contributed by atoms with van der Waals surface area (Å²) in [6.07, 6.45) is 0. The number of benzene rings is 5. The van der Waals surface area contributed by atoms with Crippen molar-refractivity contribution < 1.29 is 10.2 Å². The van der Waals surface area contributed by atoms with E-state index >= 15 is 0 Å². The third-order valence-electron chi connectivity index (χ3n) is 5.85. The van der Waals surface area contributed by atoms with Gasteiger partial charge in [0, 0.05) is 16.7 Å². The van der Waals surface area contributed by atoms with E-state index in [1.807, 2.05) is 98.8 Å². The highest BCUT2D eigenvalue weighted by Crippen LogP contribution is 2.49. The molecule has 0 amide bonds. The summed E-state index contributed by atoms with van der Waals surface area (Å²) in [5.74, 6) is 0.388. The van der Waals surface area contributed by atoms with Crippen molar-refractivity contribution in [2.24, 2.45) is 0 Å². The van der Waals surface area contributed by atoms with Crippen LogP contribution < -0.4 is 0 Å². The second-order valence-electron chi connectivity index (χ2n) is 7.87. The maximum atomic E-state index is 11.5. The average molecular weight is 390 g/mol. The molecule has 0 atom stereocenters. The second kappa shape index (κ2) is 6.93. The van der Waals surface area contributed by atoms with Crippen molar-refractivity contribution in [2.75, 3.05) is 0 Å². The molecule has 0 aliphatic carbocycles. The van der Waals surface area contributed by atoms with E-state index in [-0.39, 0.29) is 11.5 Å². The van der Waals surface area contributed by atoms with Gasteiger partial charge in [-0.1, -0.05) is 78.4 Å². The molecule has 0 aliphatic heterocycles. The quantitative estimate of drug-likeness (QED) is 0.331. The number of phenolic OH excluding ortho intramolecular Hbond substituents is 2. The predicted molar refractivity (Wildman–Crippen MR) is 125 cm³/mol. The lowest BCUT2D eigenvalue weighted by atomic mass is 9.87. The zero-order chi connectivity index (χ0) is 20.8. The minimum atomic E-state index is 0.184. The molecule has 2 nitrogen and oxygen atoms in total. The molecule has 2 heteroatoms. The number of hydrogen-bond donors (Lipinski definition) is 2. The standard InChI is InChI=1S/C28H22O2/c1-17-11-13-19(14-12-17)24-16-21-8-4-6-10-23(21)26(28(24)30)25-22-9-5-3-7-20(22)15-18(2)27(25)29/h3-16,29-30H,1-2H3. The molecule has 5 aromatic carbocycles. The van der Waals surface area contributed by atoms with Crippen molar-refractivity contribution >= 4 is 21.5 Å². The SMILES string of the molecule is Cc1ccc(-c2cc3ccccc3c(-c3c(O)c(C)cc4ccccc34)c2O)cc1. The summed E-state index contributed by atoms with van der Waals surface area (Å²) in [5.41, 5.74) is 5.00.